The van der Waals surface area contributed by atoms with Gasteiger partial charge in [-0.1, -0.05) is 24.3 Å². The third-order valence-corrected chi connectivity index (χ3v) is 3.19. The van der Waals surface area contributed by atoms with E-state index in [4.69, 9.17) is 5.11 Å². The second-order valence-electron chi connectivity index (χ2n) is 4.88. The molecule has 0 aliphatic carbocycles. The number of aliphatic carboxylic acids is 1. The van der Waals surface area contributed by atoms with Crippen molar-refractivity contribution in [2.75, 3.05) is 5.32 Å². The number of carboxylic acid groups (broad SMARTS) is 1. The highest BCUT2D eigenvalue weighted by atomic mass is 19.1. The Morgan fingerprint density at radius 2 is 1.73 bits per heavy atom. The fraction of sp³-hybridized carbons (Fsp3) is 0.176. The van der Waals surface area contributed by atoms with Gasteiger partial charge in [-0.3, -0.25) is 9.59 Å². The lowest BCUT2D eigenvalue weighted by molar-refractivity contribution is -0.137. The molecular formula is C17H16FNO3. The third-order valence-electron chi connectivity index (χ3n) is 3.19. The largest absolute Gasteiger partial charge is 0.481 e. The van der Waals surface area contributed by atoms with Gasteiger partial charge in [-0.2, -0.15) is 0 Å². The highest BCUT2D eigenvalue weighted by Gasteiger charge is 2.10. The maximum atomic E-state index is 13.5. The van der Waals surface area contributed by atoms with Crippen LogP contribution in [0.1, 0.15) is 28.8 Å². The van der Waals surface area contributed by atoms with E-state index in [0.29, 0.717) is 18.5 Å². The summed E-state index contributed by atoms with van der Waals surface area (Å²) in [4.78, 5) is 22.4. The number of aryl methyl sites for hydroxylation is 1. The van der Waals surface area contributed by atoms with Gasteiger partial charge in [0.1, 0.15) is 5.82 Å². The van der Waals surface area contributed by atoms with Crippen molar-refractivity contribution in [2.45, 2.75) is 19.3 Å². The summed E-state index contributed by atoms with van der Waals surface area (Å²) < 4.78 is 13.5. The van der Waals surface area contributed by atoms with Gasteiger partial charge >= 0.3 is 5.97 Å². The normalized spacial score (nSPS) is 10.2. The van der Waals surface area contributed by atoms with E-state index in [-0.39, 0.29) is 12.0 Å². The van der Waals surface area contributed by atoms with Gasteiger partial charge in [0.25, 0.3) is 5.91 Å². The first-order valence-corrected chi connectivity index (χ1v) is 6.93. The molecule has 5 heteroatoms. The number of carbonyl (C=O) groups is 2. The van der Waals surface area contributed by atoms with Crippen LogP contribution in [0.3, 0.4) is 0 Å². The van der Waals surface area contributed by atoms with E-state index in [1.165, 1.54) is 18.2 Å². The highest BCUT2D eigenvalue weighted by molar-refractivity contribution is 6.04. The average Bonchev–Trinajstić information content (AvgIpc) is 2.49. The predicted octanol–water partition coefficient (Wildman–Crippen LogP) is 3.49. The summed E-state index contributed by atoms with van der Waals surface area (Å²) in [6.07, 6.45) is 1.36. The zero-order chi connectivity index (χ0) is 15.9. The Kier molecular flexibility index (Phi) is 5.25. The molecule has 0 aliphatic heterocycles. The molecule has 0 radical (unpaired) electrons. The van der Waals surface area contributed by atoms with Gasteiger partial charge in [-0.25, -0.2) is 4.39 Å². The lowest BCUT2D eigenvalue weighted by atomic mass is 10.1. The first-order valence-electron chi connectivity index (χ1n) is 6.93. The minimum atomic E-state index is -0.811. The van der Waals surface area contributed by atoms with Crippen molar-refractivity contribution in [3.63, 3.8) is 0 Å². The van der Waals surface area contributed by atoms with Gasteiger partial charge < -0.3 is 10.4 Å². The second-order valence-corrected chi connectivity index (χ2v) is 4.88. The minimum Gasteiger partial charge on any atom is -0.481 e. The number of hydrogen-bond donors (Lipinski definition) is 2. The monoisotopic (exact) mass is 301 g/mol. The Bertz CT molecular complexity index is 668. The second kappa shape index (κ2) is 7.36. The Morgan fingerprint density at radius 1 is 1.05 bits per heavy atom. The fourth-order valence-corrected chi connectivity index (χ4v) is 2.04. The minimum absolute atomic E-state index is 0.00645. The number of halogens is 1. The predicted molar refractivity (Wildman–Crippen MR) is 81.4 cm³/mol. The van der Waals surface area contributed by atoms with Crippen molar-refractivity contribution in [1.29, 1.82) is 0 Å². The molecule has 0 spiro atoms. The van der Waals surface area contributed by atoms with Crippen LogP contribution in [-0.4, -0.2) is 17.0 Å². The Hall–Kier alpha value is -2.69. The molecule has 22 heavy (non-hydrogen) atoms. The fourth-order valence-electron chi connectivity index (χ4n) is 2.04. The van der Waals surface area contributed by atoms with E-state index in [1.54, 1.807) is 18.2 Å². The quantitative estimate of drug-likeness (QED) is 0.858. The molecule has 4 nitrogen and oxygen atoms in total. The van der Waals surface area contributed by atoms with Gasteiger partial charge in [0.2, 0.25) is 0 Å². The van der Waals surface area contributed by atoms with Crippen LogP contribution >= 0.6 is 0 Å². The number of rotatable bonds is 6. The summed E-state index contributed by atoms with van der Waals surface area (Å²) in [5, 5.41) is 11.2. The molecule has 0 saturated heterocycles. The molecule has 0 fully saturated rings. The summed E-state index contributed by atoms with van der Waals surface area (Å²) in [7, 11) is 0. The smallest absolute Gasteiger partial charge is 0.303 e. The van der Waals surface area contributed by atoms with Crippen LogP contribution in [0.5, 0.6) is 0 Å². The van der Waals surface area contributed by atoms with Crippen molar-refractivity contribution in [2.24, 2.45) is 0 Å². The maximum absolute atomic E-state index is 13.5. The molecule has 114 valence electrons. The molecule has 2 aromatic carbocycles. The standard InChI is InChI=1S/C17H16FNO3/c18-15-6-2-1-5-14(15)17(22)19-13-10-8-12(9-11-13)4-3-7-16(20)21/h1-2,5-6,8-11H,3-4,7H2,(H,19,22)(H,20,21). The van der Waals surface area contributed by atoms with Crippen LogP contribution in [0.4, 0.5) is 10.1 Å². The van der Waals surface area contributed by atoms with Crippen molar-refractivity contribution < 1.29 is 19.1 Å². The molecule has 2 N–H and O–H groups in total. The van der Waals surface area contributed by atoms with Crippen LogP contribution in [0.15, 0.2) is 48.5 Å². The van der Waals surface area contributed by atoms with Crippen LogP contribution in [0.25, 0.3) is 0 Å². The molecule has 0 bridgehead atoms. The van der Waals surface area contributed by atoms with Crippen LogP contribution in [-0.2, 0) is 11.2 Å². The molecule has 0 aliphatic rings. The highest BCUT2D eigenvalue weighted by Crippen LogP contribution is 2.14. The number of carboxylic acids is 1. The summed E-state index contributed by atoms with van der Waals surface area (Å²) in [6, 6.07) is 12.9. The SMILES string of the molecule is O=C(O)CCCc1ccc(NC(=O)c2ccccc2F)cc1. The first-order chi connectivity index (χ1) is 10.6. The average molecular weight is 301 g/mol. The van der Waals surface area contributed by atoms with Crippen LogP contribution in [0.2, 0.25) is 0 Å². The molecule has 0 unspecified atom stereocenters. The number of nitrogens with one attached hydrogen (secondary N) is 1. The number of amides is 1. The third kappa shape index (κ3) is 4.41. The van der Waals surface area contributed by atoms with Gasteiger partial charge in [-0.05, 0) is 42.7 Å². The lowest BCUT2D eigenvalue weighted by Gasteiger charge is -2.07. The molecule has 0 heterocycles. The molecule has 0 saturated carbocycles. The molecule has 2 aromatic rings. The van der Waals surface area contributed by atoms with Crippen LogP contribution < -0.4 is 5.32 Å². The Morgan fingerprint density at radius 3 is 2.36 bits per heavy atom. The van der Waals surface area contributed by atoms with E-state index in [1.807, 2.05) is 12.1 Å². The lowest BCUT2D eigenvalue weighted by Crippen LogP contribution is -2.13. The number of carbonyl (C=O) groups excluding carboxylic acids is 1. The van der Waals surface area contributed by atoms with Gasteiger partial charge in [-0.15, -0.1) is 0 Å². The molecular weight excluding hydrogens is 285 g/mol. The number of anilines is 1. The number of hydrogen-bond acceptors (Lipinski definition) is 2. The van der Waals surface area contributed by atoms with Gasteiger partial charge in [0.15, 0.2) is 0 Å². The first kappa shape index (κ1) is 15.7. The number of benzene rings is 2. The molecule has 0 atom stereocenters. The Balaban J connectivity index is 1.95. The summed E-state index contributed by atoms with van der Waals surface area (Å²) >= 11 is 0. The van der Waals surface area contributed by atoms with E-state index in [0.717, 1.165) is 5.56 Å². The van der Waals surface area contributed by atoms with Crippen molar-refractivity contribution in [3.05, 3.63) is 65.5 Å². The molecule has 0 aromatic heterocycles. The van der Waals surface area contributed by atoms with E-state index in [9.17, 15) is 14.0 Å². The summed E-state index contributed by atoms with van der Waals surface area (Å²) in [6.45, 7) is 0. The van der Waals surface area contributed by atoms with Crippen molar-refractivity contribution in [1.82, 2.24) is 0 Å². The topological polar surface area (TPSA) is 66.4 Å². The van der Waals surface area contributed by atoms with E-state index in [2.05, 4.69) is 5.32 Å². The van der Waals surface area contributed by atoms with Crippen molar-refractivity contribution in [3.8, 4) is 0 Å². The van der Waals surface area contributed by atoms with Crippen molar-refractivity contribution >= 4 is 17.6 Å². The maximum Gasteiger partial charge on any atom is 0.303 e. The molecule has 1 amide bonds. The van der Waals surface area contributed by atoms with Crippen LogP contribution in [0, 0.1) is 5.82 Å². The molecule has 2 rings (SSSR count). The summed E-state index contributed by atoms with van der Waals surface area (Å²) in [5.41, 5.74) is 1.55. The zero-order valence-electron chi connectivity index (χ0n) is 11.9. The summed E-state index contributed by atoms with van der Waals surface area (Å²) in [5.74, 6) is -1.88. The van der Waals surface area contributed by atoms with E-state index >= 15 is 0 Å². The Labute approximate surface area is 127 Å². The zero-order valence-corrected chi connectivity index (χ0v) is 11.9. The van der Waals surface area contributed by atoms with Gasteiger partial charge in [0.05, 0.1) is 5.56 Å². The van der Waals surface area contributed by atoms with E-state index < -0.39 is 17.7 Å². The van der Waals surface area contributed by atoms with Gasteiger partial charge in [0, 0.05) is 12.1 Å².